The average Bonchev–Trinajstić information content (AvgIpc) is 2.69. The van der Waals surface area contributed by atoms with Gasteiger partial charge in [0.05, 0.1) is 6.54 Å². The van der Waals surface area contributed by atoms with Gasteiger partial charge < -0.3 is 10.1 Å². The van der Waals surface area contributed by atoms with Gasteiger partial charge in [0.1, 0.15) is 12.4 Å². The molecule has 4 heteroatoms. The van der Waals surface area contributed by atoms with Gasteiger partial charge in [-0.1, -0.05) is 37.3 Å². The molecule has 0 atom stereocenters. The highest BCUT2D eigenvalue weighted by Crippen LogP contribution is 2.18. The smallest absolute Gasteiger partial charge is 0.251 e. The van der Waals surface area contributed by atoms with Crippen LogP contribution in [0.1, 0.15) is 41.3 Å². The number of rotatable bonds is 7. The molecule has 1 aliphatic heterocycles. The molecule has 0 bridgehead atoms. The molecule has 0 radical (unpaired) electrons. The zero-order valence-corrected chi connectivity index (χ0v) is 16.4. The van der Waals surface area contributed by atoms with Crippen LogP contribution in [0, 0.1) is 12.8 Å². The molecule has 4 nitrogen and oxygen atoms in total. The van der Waals surface area contributed by atoms with Crippen molar-refractivity contribution in [1.29, 1.82) is 0 Å². The van der Waals surface area contributed by atoms with Crippen LogP contribution in [0.25, 0.3) is 0 Å². The van der Waals surface area contributed by atoms with E-state index in [1.165, 1.54) is 31.5 Å². The summed E-state index contributed by atoms with van der Waals surface area (Å²) in [6.45, 7) is 8.60. The Kier molecular flexibility index (Phi) is 6.88. The highest BCUT2D eigenvalue weighted by molar-refractivity contribution is 5.94. The molecule has 0 aliphatic carbocycles. The molecular weight excluding hydrogens is 336 g/mol. The predicted octanol–water partition coefficient (Wildman–Crippen LogP) is 4.04. The first-order valence-electron chi connectivity index (χ1n) is 9.90. The predicted molar refractivity (Wildman–Crippen MR) is 109 cm³/mol. The fraction of sp³-hybridized carbons (Fsp3) is 0.435. The molecule has 2 aromatic carbocycles. The topological polar surface area (TPSA) is 41.6 Å². The summed E-state index contributed by atoms with van der Waals surface area (Å²) in [4.78, 5) is 14.8. The van der Waals surface area contributed by atoms with Crippen LogP contribution in [0.15, 0.2) is 48.5 Å². The van der Waals surface area contributed by atoms with Crippen LogP contribution in [0.2, 0.25) is 0 Å². The number of aryl methyl sites for hydroxylation is 1. The summed E-state index contributed by atoms with van der Waals surface area (Å²) in [5.74, 6) is 1.66. The van der Waals surface area contributed by atoms with E-state index in [9.17, 15) is 4.79 Å². The minimum absolute atomic E-state index is 0.0540. The monoisotopic (exact) mass is 366 g/mol. The van der Waals surface area contributed by atoms with Crippen molar-refractivity contribution >= 4 is 5.91 Å². The van der Waals surface area contributed by atoms with Crippen LogP contribution < -0.4 is 10.1 Å². The number of ether oxygens (including phenoxy) is 1. The molecule has 1 amide bonds. The van der Waals surface area contributed by atoms with Gasteiger partial charge in [0.25, 0.3) is 5.91 Å². The second-order valence-corrected chi connectivity index (χ2v) is 7.53. The number of hydrogen-bond acceptors (Lipinski definition) is 3. The Morgan fingerprint density at radius 2 is 1.81 bits per heavy atom. The van der Waals surface area contributed by atoms with E-state index in [0.29, 0.717) is 18.7 Å². The van der Waals surface area contributed by atoms with Gasteiger partial charge in [-0.3, -0.25) is 9.69 Å². The van der Waals surface area contributed by atoms with E-state index in [-0.39, 0.29) is 5.91 Å². The molecule has 27 heavy (non-hydrogen) atoms. The van der Waals surface area contributed by atoms with Gasteiger partial charge in [-0.2, -0.15) is 0 Å². The highest BCUT2D eigenvalue weighted by Gasteiger charge is 2.15. The first-order valence-corrected chi connectivity index (χ1v) is 9.90. The van der Waals surface area contributed by atoms with Gasteiger partial charge in [0.2, 0.25) is 0 Å². The summed E-state index contributed by atoms with van der Waals surface area (Å²) in [5.41, 5.74) is 3.06. The van der Waals surface area contributed by atoms with Crippen molar-refractivity contribution in [1.82, 2.24) is 10.2 Å². The van der Waals surface area contributed by atoms with Crippen molar-refractivity contribution in [2.24, 2.45) is 5.92 Å². The first kappa shape index (κ1) is 19.4. The number of carbonyl (C=O) groups is 1. The Labute approximate surface area is 162 Å². The van der Waals surface area contributed by atoms with E-state index in [4.69, 9.17) is 4.74 Å². The van der Waals surface area contributed by atoms with Crippen molar-refractivity contribution in [2.45, 2.75) is 33.2 Å². The second-order valence-electron chi connectivity index (χ2n) is 7.53. The minimum Gasteiger partial charge on any atom is -0.491 e. The van der Waals surface area contributed by atoms with Crippen LogP contribution >= 0.6 is 0 Å². The zero-order valence-electron chi connectivity index (χ0n) is 16.4. The van der Waals surface area contributed by atoms with Crippen molar-refractivity contribution < 1.29 is 9.53 Å². The Balaban J connectivity index is 1.41. The third kappa shape index (κ3) is 5.83. The van der Waals surface area contributed by atoms with Gasteiger partial charge in [-0.25, -0.2) is 0 Å². The lowest BCUT2D eigenvalue weighted by molar-refractivity contribution is 0.0947. The maximum Gasteiger partial charge on any atom is 0.251 e. The summed E-state index contributed by atoms with van der Waals surface area (Å²) in [5, 5.41) is 2.92. The van der Waals surface area contributed by atoms with E-state index in [2.05, 4.69) is 29.3 Å². The minimum atomic E-state index is -0.0540. The van der Waals surface area contributed by atoms with Gasteiger partial charge in [0.15, 0.2) is 0 Å². The zero-order chi connectivity index (χ0) is 19.1. The van der Waals surface area contributed by atoms with Crippen molar-refractivity contribution in [3.63, 3.8) is 0 Å². The van der Waals surface area contributed by atoms with Crippen LogP contribution in [0.3, 0.4) is 0 Å². The SMILES string of the molecule is Cc1ccccc1OCCNC(=O)c1ccc(CN2CCC(C)CC2)cc1. The lowest BCUT2D eigenvalue weighted by Gasteiger charge is -2.30. The van der Waals surface area contributed by atoms with E-state index >= 15 is 0 Å². The number of benzene rings is 2. The van der Waals surface area contributed by atoms with Gasteiger partial charge in [-0.05, 0) is 68.1 Å². The molecule has 0 unspecified atom stereocenters. The summed E-state index contributed by atoms with van der Waals surface area (Å²) >= 11 is 0. The van der Waals surface area contributed by atoms with Crippen LogP contribution in [-0.4, -0.2) is 37.0 Å². The molecule has 0 spiro atoms. The molecule has 1 fully saturated rings. The second kappa shape index (κ2) is 9.56. The fourth-order valence-electron chi connectivity index (χ4n) is 3.39. The molecule has 2 aromatic rings. The van der Waals surface area contributed by atoms with Crippen LogP contribution in [-0.2, 0) is 6.54 Å². The molecule has 1 aliphatic rings. The fourth-order valence-corrected chi connectivity index (χ4v) is 3.39. The normalized spacial score (nSPS) is 15.5. The molecule has 1 heterocycles. The number of nitrogens with one attached hydrogen (secondary N) is 1. The molecule has 144 valence electrons. The Morgan fingerprint density at radius 1 is 1.11 bits per heavy atom. The Morgan fingerprint density at radius 3 is 2.52 bits per heavy atom. The van der Waals surface area contributed by atoms with Crippen molar-refractivity contribution in [3.8, 4) is 5.75 Å². The van der Waals surface area contributed by atoms with E-state index in [1.54, 1.807) is 0 Å². The molecular formula is C23H30N2O2. The number of amides is 1. The highest BCUT2D eigenvalue weighted by atomic mass is 16.5. The number of nitrogens with zero attached hydrogens (tertiary/aromatic N) is 1. The van der Waals surface area contributed by atoms with E-state index in [1.807, 2.05) is 43.3 Å². The van der Waals surface area contributed by atoms with E-state index in [0.717, 1.165) is 23.8 Å². The first-order chi connectivity index (χ1) is 13.1. The number of piperidine rings is 1. The van der Waals surface area contributed by atoms with Crippen molar-refractivity contribution in [3.05, 3.63) is 65.2 Å². The summed E-state index contributed by atoms with van der Waals surface area (Å²) in [7, 11) is 0. The summed E-state index contributed by atoms with van der Waals surface area (Å²) in [6.07, 6.45) is 2.57. The van der Waals surface area contributed by atoms with Crippen LogP contribution in [0.4, 0.5) is 0 Å². The molecule has 3 rings (SSSR count). The quantitative estimate of drug-likeness (QED) is 0.752. The largest absolute Gasteiger partial charge is 0.491 e. The lowest BCUT2D eigenvalue weighted by atomic mass is 9.99. The third-order valence-corrected chi connectivity index (χ3v) is 5.24. The Bertz CT molecular complexity index is 734. The standard InChI is InChI=1S/C23H30N2O2/c1-18-11-14-25(15-12-18)17-20-7-9-21(10-8-20)23(26)24-13-16-27-22-6-4-3-5-19(22)2/h3-10,18H,11-17H2,1-2H3,(H,24,26). The molecule has 0 saturated carbocycles. The Hall–Kier alpha value is -2.33. The van der Waals surface area contributed by atoms with E-state index < -0.39 is 0 Å². The van der Waals surface area contributed by atoms with Gasteiger partial charge >= 0.3 is 0 Å². The molecule has 0 aromatic heterocycles. The van der Waals surface area contributed by atoms with Crippen molar-refractivity contribution in [2.75, 3.05) is 26.2 Å². The van der Waals surface area contributed by atoms with Crippen LogP contribution in [0.5, 0.6) is 5.75 Å². The number of carbonyl (C=O) groups excluding carboxylic acids is 1. The molecule has 1 N–H and O–H groups in total. The number of likely N-dealkylation sites (tertiary alicyclic amines) is 1. The van der Waals surface area contributed by atoms with Gasteiger partial charge in [-0.15, -0.1) is 0 Å². The maximum atomic E-state index is 12.3. The van der Waals surface area contributed by atoms with Gasteiger partial charge in [0, 0.05) is 12.1 Å². The summed E-state index contributed by atoms with van der Waals surface area (Å²) < 4.78 is 5.71. The lowest BCUT2D eigenvalue weighted by Crippen LogP contribution is -2.32. The molecule has 1 saturated heterocycles. The third-order valence-electron chi connectivity index (χ3n) is 5.24. The number of hydrogen-bond donors (Lipinski definition) is 1. The maximum absolute atomic E-state index is 12.3. The summed E-state index contributed by atoms with van der Waals surface area (Å²) in [6, 6.07) is 15.9. The average molecular weight is 367 g/mol. The number of para-hydroxylation sites is 1.